The minimum atomic E-state index is 1.01. The maximum Gasteiger partial charge on any atom is 0.0361 e. The fraction of sp³-hybridized carbons (Fsp3) is 0.118. The van der Waals surface area contributed by atoms with Crippen molar-refractivity contribution in [3.63, 3.8) is 0 Å². The summed E-state index contributed by atoms with van der Waals surface area (Å²) in [6.07, 6.45) is 8.53. The highest BCUT2D eigenvalue weighted by atomic mass is 15.1. The molecule has 0 atom stereocenters. The lowest BCUT2D eigenvalue weighted by atomic mass is 10.1. The van der Waals surface area contributed by atoms with Gasteiger partial charge in [0.05, 0.1) is 0 Å². The van der Waals surface area contributed by atoms with Gasteiger partial charge in [-0.15, -0.1) is 0 Å². The van der Waals surface area contributed by atoms with Crippen molar-refractivity contribution in [1.29, 1.82) is 0 Å². The Morgan fingerprint density at radius 3 is 0.889 bits per heavy atom. The van der Waals surface area contributed by atoms with Crippen molar-refractivity contribution < 1.29 is 0 Å². The first kappa shape index (κ1) is 24.6. The lowest BCUT2D eigenvalue weighted by molar-refractivity contribution is 1.13. The third-order valence-electron chi connectivity index (χ3n) is 5.93. The molecule has 0 aliphatic heterocycles. The second kappa shape index (κ2) is 11.8. The SMILES string of the molecule is CN(C)c1ccc(C=Cc2ccc(C#Cc3ccc(C=Cc4ccc(N(C)C)cc4)cc3)cc2)cc1. The Bertz CT molecular complexity index is 1270. The van der Waals surface area contributed by atoms with Gasteiger partial charge in [0, 0.05) is 50.7 Å². The van der Waals surface area contributed by atoms with Gasteiger partial charge in [-0.1, -0.05) is 84.7 Å². The van der Waals surface area contributed by atoms with Crippen LogP contribution in [0.5, 0.6) is 0 Å². The highest BCUT2D eigenvalue weighted by Gasteiger charge is 1.96. The summed E-state index contributed by atoms with van der Waals surface area (Å²) in [6.45, 7) is 0. The molecule has 0 amide bonds. The van der Waals surface area contributed by atoms with Gasteiger partial charge in [0.1, 0.15) is 0 Å². The zero-order valence-corrected chi connectivity index (χ0v) is 21.4. The summed E-state index contributed by atoms with van der Waals surface area (Å²) in [5.74, 6) is 6.54. The molecule has 0 saturated carbocycles. The highest BCUT2D eigenvalue weighted by molar-refractivity contribution is 5.72. The highest BCUT2D eigenvalue weighted by Crippen LogP contribution is 2.16. The molecule has 178 valence electrons. The summed E-state index contributed by atoms with van der Waals surface area (Å²) >= 11 is 0. The first-order chi connectivity index (χ1) is 17.5. The Labute approximate surface area is 215 Å². The molecule has 0 fully saturated rings. The van der Waals surface area contributed by atoms with Crippen LogP contribution in [-0.2, 0) is 0 Å². The van der Waals surface area contributed by atoms with E-state index >= 15 is 0 Å². The topological polar surface area (TPSA) is 6.48 Å². The molecule has 2 heteroatoms. The molecule has 0 saturated heterocycles. The Hall–Kier alpha value is -4.48. The molecule has 0 heterocycles. The summed E-state index contributed by atoms with van der Waals surface area (Å²) in [5.41, 5.74) is 9.10. The van der Waals surface area contributed by atoms with Gasteiger partial charge in [-0.2, -0.15) is 0 Å². The molecule has 0 bridgehead atoms. The van der Waals surface area contributed by atoms with Crippen LogP contribution >= 0.6 is 0 Å². The molecular weight excluding hydrogens is 436 g/mol. The van der Waals surface area contributed by atoms with Crippen molar-refractivity contribution in [2.75, 3.05) is 38.0 Å². The maximum atomic E-state index is 3.27. The van der Waals surface area contributed by atoms with Crippen molar-refractivity contribution in [2.45, 2.75) is 0 Å². The van der Waals surface area contributed by atoms with E-state index in [4.69, 9.17) is 0 Å². The molecule has 2 nitrogen and oxygen atoms in total. The fourth-order valence-corrected chi connectivity index (χ4v) is 3.65. The molecule has 0 aliphatic carbocycles. The standard InChI is InChI=1S/C34H32N2/c1-35(2)33-23-19-31(20-24-33)17-15-29-11-7-27(8-12-29)5-6-28-9-13-30(14-10-28)16-18-32-21-25-34(26-22-32)36(3)4/h7-26H,1-4H3. The number of hydrogen-bond acceptors (Lipinski definition) is 2. The molecule has 36 heavy (non-hydrogen) atoms. The van der Waals surface area contributed by atoms with E-state index in [-0.39, 0.29) is 0 Å². The smallest absolute Gasteiger partial charge is 0.0361 e. The van der Waals surface area contributed by atoms with Gasteiger partial charge in [0.25, 0.3) is 0 Å². The van der Waals surface area contributed by atoms with Gasteiger partial charge in [-0.3, -0.25) is 0 Å². The average molecular weight is 469 g/mol. The third kappa shape index (κ3) is 7.01. The summed E-state index contributed by atoms with van der Waals surface area (Å²) in [6, 6.07) is 33.8. The van der Waals surface area contributed by atoms with Crippen molar-refractivity contribution >= 4 is 35.7 Å². The van der Waals surface area contributed by atoms with E-state index in [2.05, 4.69) is 171 Å². The van der Waals surface area contributed by atoms with Gasteiger partial charge in [-0.25, -0.2) is 0 Å². The lowest BCUT2D eigenvalue weighted by Crippen LogP contribution is -2.07. The summed E-state index contributed by atoms with van der Waals surface area (Å²) in [5, 5.41) is 0. The number of rotatable bonds is 6. The van der Waals surface area contributed by atoms with E-state index in [9.17, 15) is 0 Å². The van der Waals surface area contributed by atoms with Crippen LogP contribution in [0.3, 0.4) is 0 Å². The Kier molecular flexibility index (Phi) is 8.06. The minimum absolute atomic E-state index is 1.01. The van der Waals surface area contributed by atoms with E-state index in [1.54, 1.807) is 0 Å². The van der Waals surface area contributed by atoms with Crippen LogP contribution in [0.15, 0.2) is 97.1 Å². The molecule has 4 aromatic carbocycles. The van der Waals surface area contributed by atoms with Crippen LogP contribution in [0.2, 0.25) is 0 Å². The van der Waals surface area contributed by atoms with E-state index in [1.807, 2.05) is 0 Å². The monoisotopic (exact) mass is 468 g/mol. The number of benzene rings is 4. The normalized spacial score (nSPS) is 10.9. The predicted molar refractivity (Wildman–Crippen MR) is 158 cm³/mol. The average Bonchev–Trinajstić information content (AvgIpc) is 2.91. The second-order valence-corrected chi connectivity index (χ2v) is 9.13. The van der Waals surface area contributed by atoms with Crippen LogP contribution in [0, 0.1) is 11.8 Å². The zero-order chi connectivity index (χ0) is 25.3. The molecular formula is C34H32N2. The molecule has 0 aromatic heterocycles. The molecule has 0 spiro atoms. The van der Waals surface area contributed by atoms with Crippen molar-refractivity contribution in [2.24, 2.45) is 0 Å². The van der Waals surface area contributed by atoms with E-state index in [0.29, 0.717) is 0 Å². The molecule has 0 radical (unpaired) electrons. The molecule has 0 unspecified atom stereocenters. The third-order valence-corrected chi connectivity index (χ3v) is 5.93. The zero-order valence-electron chi connectivity index (χ0n) is 21.4. The number of nitrogens with zero attached hydrogens (tertiary/aromatic N) is 2. The van der Waals surface area contributed by atoms with Gasteiger partial charge in [0.2, 0.25) is 0 Å². The van der Waals surface area contributed by atoms with Crippen LogP contribution in [0.1, 0.15) is 33.4 Å². The van der Waals surface area contributed by atoms with E-state index in [0.717, 1.165) is 22.3 Å². The summed E-state index contributed by atoms with van der Waals surface area (Å²) in [4.78, 5) is 4.21. The van der Waals surface area contributed by atoms with Crippen LogP contribution in [0.4, 0.5) is 11.4 Å². The van der Waals surface area contributed by atoms with Crippen molar-refractivity contribution in [3.8, 4) is 11.8 Å². The number of hydrogen-bond donors (Lipinski definition) is 0. The Morgan fingerprint density at radius 1 is 0.389 bits per heavy atom. The summed E-state index contributed by atoms with van der Waals surface area (Å²) in [7, 11) is 8.20. The lowest BCUT2D eigenvalue weighted by Gasteiger charge is -2.11. The Balaban J connectivity index is 1.34. The second-order valence-electron chi connectivity index (χ2n) is 9.13. The molecule has 4 rings (SSSR count). The van der Waals surface area contributed by atoms with E-state index in [1.165, 1.54) is 22.5 Å². The van der Waals surface area contributed by atoms with Crippen molar-refractivity contribution in [3.05, 3.63) is 130 Å². The maximum absolute atomic E-state index is 3.27. The fourth-order valence-electron chi connectivity index (χ4n) is 3.65. The van der Waals surface area contributed by atoms with Gasteiger partial charge in [0.15, 0.2) is 0 Å². The first-order valence-corrected chi connectivity index (χ1v) is 12.1. The summed E-state index contributed by atoms with van der Waals surface area (Å²) < 4.78 is 0. The minimum Gasteiger partial charge on any atom is -0.378 e. The van der Waals surface area contributed by atoms with Crippen LogP contribution in [-0.4, -0.2) is 28.2 Å². The largest absolute Gasteiger partial charge is 0.378 e. The van der Waals surface area contributed by atoms with Crippen LogP contribution < -0.4 is 9.80 Å². The van der Waals surface area contributed by atoms with Crippen LogP contribution in [0.25, 0.3) is 24.3 Å². The Morgan fingerprint density at radius 2 is 0.639 bits per heavy atom. The molecule has 0 N–H and O–H groups in total. The molecule has 4 aromatic rings. The van der Waals surface area contributed by atoms with Gasteiger partial charge in [-0.05, 0) is 70.8 Å². The first-order valence-electron chi connectivity index (χ1n) is 12.1. The molecule has 0 aliphatic rings. The quantitative estimate of drug-likeness (QED) is 0.213. The van der Waals surface area contributed by atoms with Crippen molar-refractivity contribution in [1.82, 2.24) is 0 Å². The van der Waals surface area contributed by atoms with Gasteiger partial charge < -0.3 is 9.80 Å². The predicted octanol–water partition coefficient (Wildman–Crippen LogP) is 7.56. The van der Waals surface area contributed by atoms with Gasteiger partial charge >= 0.3 is 0 Å². The van der Waals surface area contributed by atoms with E-state index < -0.39 is 0 Å². The number of anilines is 2.